The van der Waals surface area contributed by atoms with Gasteiger partial charge < -0.3 is 10.6 Å². The molecule has 0 saturated carbocycles. The Morgan fingerprint density at radius 3 is 2.24 bits per heavy atom. The van der Waals surface area contributed by atoms with Crippen LogP contribution < -0.4 is 15.5 Å². The van der Waals surface area contributed by atoms with Gasteiger partial charge in [-0.15, -0.1) is 0 Å². The Balaban J connectivity index is 1.39. The van der Waals surface area contributed by atoms with Crippen LogP contribution in [0.1, 0.15) is 27.1 Å². The summed E-state index contributed by atoms with van der Waals surface area (Å²) in [6.45, 7) is 0.178. The number of rotatable bonds is 7. The van der Waals surface area contributed by atoms with Gasteiger partial charge in [0.05, 0.1) is 26.8 Å². The molecule has 0 aromatic heterocycles. The summed E-state index contributed by atoms with van der Waals surface area (Å²) in [5, 5.41) is 16.7. The Morgan fingerprint density at radius 2 is 1.61 bits per heavy atom. The molecule has 3 aromatic rings. The largest absolute Gasteiger partial charge is 0.379 e. The average Bonchev–Trinajstić information content (AvgIpc) is 3.04. The summed E-state index contributed by atoms with van der Waals surface area (Å²) >= 11 is 6.32. The highest BCUT2D eigenvalue weighted by molar-refractivity contribution is 6.40. The lowest BCUT2D eigenvalue weighted by Crippen LogP contribution is -2.29. The number of nitrogens with one attached hydrogen (secondary N) is 2. The molecule has 4 rings (SSSR count). The monoisotopic (exact) mass is 464 g/mol. The lowest BCUT2D eigenvalue weighted by Gasteiger charge is -2.16. The van der Waals surface area contributed by atoms with E-state index in [0.717, 1.165) is 4.90 Å². The molecule has 3 amide bonds. The van der Waals surface area contributed by atoms with Crippen LogP contribution in [0, 0.1) is 10.1 Å². The van der Waals surface area contributed by atoms with Gasteiger partial charge in [-0.1, -0.05) is 35.9 Å². The minimum atomic E-state index is -0.500. The van der Waals surface area contributed by atoms with Crippen molar-refractivity contribution in [2.75, 3.05) is 22.1 Å². The zero-order chi connectivity index (χ0) is 23.5. The molecular weight excluding hydrogens is 448 g/mol. The lowest BCUT2D eigenvalue weighted by molar-refractivity contribution is -0.384. The SMILES string of the molecule is O=C(CCNc1ccccc1[N+](=O)[O-])Nc1ccc(N2C(=O)c3ccccc3C2=O)c(Cl)c1. The maximum Gasteiger partial charge on any atom is 0.292 e. The highest BCUT2D eigenvalue weighted by atomic mass is 35.5. The number of nitrogens with zero attached hydrogens (tertiary/aromatic N) is 2. The molecule has 0 atom stereocenters. The topological polar surface area (TPSA) is 122 Å². The molecule has 0 spiro atoms. The van der Waals surface area contributed by atoms with Gasteiger partial charge >= 0.3 is 0 Å². The summed E-state index contributed by atoms with van der Waals surface area (Å²) < 4.78 is 0. The number of nitro benzene ring substituents is 1. The minimum Gasteiger partial charge on any atom is -0.379 e. The van der Waals surface area contributed by atoms with Crippen molar-refractivity contribution in [3.8, 4) is 0 Å². The van der Waals surface area contributed by atoms with Crippen LogP contribution in [0.25, 0.3) is 0 Å². The van der Waals surface area contributed by atoms with Crippen molar-refractivity contribution in [1.82, 2.24) is 0 Å². The van der Waals surface area contributed by atoms with Crippen LogP contribution in [0.5, 0.6) is 0 Å². The van der Waals surface area contributed by atoms with Crippen molar-refractivity contribution in [2.45, 2.75) is 6.42 Å². The zero-order valence-electron chi connectivity index (χ0n) is 17.1. The second-order valence-electron chi connectivity index (χ2n) is 7.16. The van der Waals surface area contributed by atoms with Crippen molar-refractivity contribution < 1.29 is 19.3 Å². The fraction of sp³-hybridized carbons (Fsp3) is 0.0870. The fourth-order valence-electron chi connectivity index (χ4n) is 3.49. The summed E-state index contributed by atoms with van der Waals surface area (Å²) in [7, 11) is 0. The third-order valence-electron chi connectivity index (χ3n) is 5.03. The van der Waals surface area contributed by atoms with E-state index in [-0.39, 0.29) is 35.3 Å². The van der Waals surface area contributed by atoms with Crippen LogP contribution in [0.15, 0.2) is 66.7 Å². The van der Waals surface area contributed by atoms with E-state index in [0.29, 0.717) is 22.5 Å². The Bertz CT molecular complexity index is 1260. The number of benzene rings is 3. The molecule has 10 heteroatoms. The molecule has 0 unspecified atom stereocenters. The maximum atomic E-state index is 12.7. The smallest absolute Gasteiger partial charge is 0.292 e. The van der Waals surface area contributed by atoms with Gasteiger partial charge in [0, 0.05) is 24.7 Å². The first-order valence-electron chi connectivity index (χ1n) is 9.91. The second kappa shape index (κ2) is 9.09. The summed E-state index contributed by atoms with van der Waals surface area (Å²) in [5.74, 6) is -1.27. The minimum absolute atomic E-state index is 0.0455. The number of halogens is 1. The number of carbonyl (C=O) groups is 3. The number of imide groups is 1. The van der Waals surface area contributed by atoms with Crippen molar-refractivity contribution in [2.24, 2.45) is 0 Å². The first kappa shape index (κ1) is 22.0. The van der Waals surface area contributed by atoms with E-state index in [1.165, 1.54) is 24.3 Å². The molecule has 0 saturated heterocycles. The van der Waals surface area contributed by atoms with E-state index in [1.54, 1.807) is 42.5 Å². The van der Waals surface area contributed by atoms with Crippen LogP contribution in [0.3, 0.4) is 0 Å². The molecule has 3 aromatic carbocycles. The number of hydrogen-bond donors (Lipinski definition) is 2. The van der Waals surface area contributed by atoms with E-state index in [1.807, 2.05) is 0 Å². The Hall–Kier alpha value is -4.24. The average molecular weight is 465 g/mol. The van der Waals surface area contributed by atoms with Crippen molar-refractivity contribution in [3.05, 3.63) is 93.0 Å². The standard InChI is InChI=1S/C23H17ClN4O5/c24-17-13-14(26-21(29)11-12-25-18-7-3-4-8-20(18)28(32)33)9-10-19(17)27-22(30)15-5-1-2-6-16(15)23(27)31/h1-10,13,25H,11-12H2,(H,26,29). The third-order valence-corrected chi connectivity index (χ3v) is 5.34. The molecule has 166 valence electrons. The molecule has 9 nitrogen and oxygen atoms in total. The van der Waals surface area contributed by atoms with E-state index in [2.05, 4.69) is 10.6 Å². The second-order valence-corrected chi connectivity index (χ2v) is 7.56. The van der Waals surface area contributed by atoms with Gasteiger partial charge in [-0.2, -0.15) is 0 Å². The quantitative estimate of drug-likeness (QED) is 0.302. The number of para-hydroxylation sites is 2. The van der Waals surface area contributed by atoms with Crippen LogP contribution in [0.2, 0.25) is 5.02 Å². The van der Waals surface area contributed by atoms with E-state index in [4.69, 9.17) is 11.6 Å². The fourth-order valence-corrected chi connectivity index (χ4v) is 3.76. The number of fused-ring (bicyclic) bond motifs is 1. The highest BCUT2D eigenvalue weighted by Crippen LogP contribution is 2.34. The highest BCUT2D eigenvalue weighted by Gasteiger charge is 2.37. The van der Waals surface area contributed by atoms with Gasteiger partial charge in [0.25, 0.3) is 17.5 Å². The number of nitro groups is 1. The Kier molecular flexibility index (Phi) is 6.05. The van der Waals surface area contributed by atoms with Crippen LogP contribution in [0.4, 0.5) is 22.7 Å². The molecule has 2 N–H and O–H groups in total. The molecule has 0 radical (unpaired) electrons. The summed E-state index contributed by atoms with van der Waals surface area (Å²) in [4.78, 5) is 49.1. The Labute approximate surface area is 193 Å². The molecule has 0 fully saturated rings. The summed E-state index contributed by atoms with van der Waals surface area (Å²) in [5.41, 5.74) is 1.47. The molecule has 1 heterocycles. The first-order valence-corrected chi connectivity index (χ1v) is 10.3. The zero-order valence-corrected chi connectivity index (χ0v) is 17.8. The van der Waals surface area contributed by atoms with Gasteiger partial charge in [0.1, 0.15) is 5.69 Å². The van der Waals surface area contributed by atoms with Gasteiger partial charge in [-0.05, 0) is 36.4 Å². The van der Waals surface area contributed by atoms with Crippen LogP contribution in [-0.4, -0.2) is 29.2 Å². The van der Waals surface area contributed by atoms with Gasteiger partial charge in [-0.3, -0.25) is 24.5 Å². The van der Waals surface area contributed by atoms with Gasteiger partial charge in [0.15, 0.2) is 0 Å². The van der Waals surface area contributed by atoms with Crippen molar-refractivity contribution in [3.63, 3.8) is 0 Å². The van der Waals surface area contributed by atoms with E-state index >= 15 is 0 Å². The molecule has 1 aliphatic heterocycles. The van der Waals surface area contributed by atoms with Crippen LogP contribution in [-0.2, 0) is 4.79 Å². The van der Waals surface area contributed by atoms with Crippen LogP contribution >= 0.6 is 11.6 Å². The van der Waals surface area contributed by atoms with E-state index < -0.39 is 16.7 Å². The number of anilines is 3. The van der Waals surface area contributed by atoms with Gasteiger partial charge in [0.2, 0.25) is 5.91 Å². The molecule has 33 heavy (non-hydrogen) atoms. The van der Waals surface area contributed by atoms with Crippen molar-refractivity contribution in [1.29, 1.82) is 0 Å². The maximum absolute atomic E-state index is 12.7. The first-order chi connectivity index (χ1) is 15.9. The van der Waals surface area contributed by atoms with Gasteiger partial charge in [-0.25, -0.2) is 4.90 Å². The Morgan fingerprint density at radius 1 is 0.970 bits per heavy atom. The summed E-state index contributed by atoms with van der Waals surface area (Å²) in [6.07, 6.45) is 0.0455. The predicted molar refractivity (Wildman–Crippen MR) is 124 cm³/mol. The molecule has 0 bridgehead atoms. The number of carbonyl (C=O) groups excluding carboxylic acids is 3. The third kappa shape index (κ3) is 4.39. The lowest BCUT2D eigenvalue weighted by atomic mass is 10.1. The number of amides is 3. The molecule has 0 aliphatic carbocycles. The predicted octanol–water partition coefficient (Wildman–Crippen LogP) is 4.49. The van der Waals surface area contributed by atoms with Crippen molar-refractivity contribution >= 4 is 52.1 Å². The normalized spacial score (nSPS) is 12.5. The van der Waals surface area contributed by atoms with E-state index in [9.17, 15) is 24.5 Å². The summed E-state index contributed by atoms with van der Waals surface area (Å²) in [6, 6.07) is 17.2. The molecular formula is C23H17ClN4O5. The number of hydrogen-bond acceptors (Lipinski definition) is 6. The molecule has 1 aliphatic rings.